The summed E-state index contributed by atoms with van der Waals surface area (Å²) in [6.45, 7) is -0.155. The highest BCUT2D eigenvalue weighted by atomic mass is 32.2. The Labute approximate surface area is 132 Å². The number of likely N-dealkylation sites (N-methyl/N-ethyl adjacent to an activating group) is 1. The van der Waals surface area contributed by atoms with Crippen LogP contribution in [0, 0.1) is 0 Å². The number of benzene rings is 1. The molecule has 0 fully saturated rings. The van der Waals surface area contributed by atoms with E-state index >= 15 is 0 Å². The van der Waals surface area contributed by atoms with E-state index < -0.39 is 45.8 Å². The van der Waals surface area contributed by atoms with E-state index in [1.54, 1.807) is 14.1 Å². The van der Waals surface area contributed by atoms with E-state index in [-0.39, 0.29) is 27.7 Å². The Morgan fingerprint density at radius 3 is 2.95 bits per heavy atom. The van der Waals surface area contributed by atoms with Gasteiger partial charge in [0.25, 0.3) is 0 Å². The van der Waals surface area contributed by atoms with Gasteiger partial charge in [-0.2, -0.15) is 0 Å². The third-order valence-electron chi connectivity index (χ3n) is 2.44. The molecule has 1 heterocycles. The maximum Gasteiger partial charge on any atom is 0.215 e. The minimum absolute atomic E-state index is 0.123. The Bertz CT molecular complexity index is 1060. The maximum absolute atomic E-state index is 12.3. The highest BCUT2D eigenvalue weighted by Crippen LogP contribution is 2.21. The molecule has 1 aromatic carbocycles. The largest absolute Gasteiger partial charge is 0.361 e. The fourth-order valence-electron chi connectivity index (χ4n) is 1.49. The second-order valence-corrected chi connectivity index (χ2v) is 5.84. The third kappa shape index (κ3) is 3.59. The van der Waals surface area contributed by atoms with Gasteiger partial charge in [-0.25, -0.2) is 13.1 Å². The van der Waals surface area contributed by atoms with Crippen molar-refractivity contribution in [2.24, 2.45) is 0 Å². The smallest absolute Gasteiger partial charge is 0.215 e. The molecule has 0 spiro atoms. The lowest BCUT2D eigenvalue weighted by atomic mass is 10.1. The summed E-state index contributed by atoms with van der Waals surface area (Å²) in [6, 6.07) is -2.43. The lowest BCUT2D eigenvalue weighted by Crippen LogP contribution is -2.20. The van der Waals surface area contributed by atoms with Crippen LogP contribution in [0.1, 0.15) is 20.7 Å². The molecule has 0 amide bonds. The number of H-pyrrole nitrogens is 1. The minimum atomic E-state index is -4.97. The molecule has 5 nitrogen and oxygen atoms in total. The molecule has 0 saturated carbocycles. The van der Waals surface area contributed by atoms with E-state index in [2.05, 4.69) is 0 Å². The molecular weight excluding hydrogens is 274 g/mol. The number of aromatic amines is 1. The molecule has 0 unspecified atom stereocenters. The van der Waals surface area contributed by atoms with E-state index in [9.17, 15) is 8.42 Å². The van der Waals surface area contributed by atoms with Gasteiger partial charge in [0.1, 0.15) is 1.41 Å². The molecule has 110 valence electrons. The SMILES string of the molecule is [2H]c1c(C([2H])([2H])S(=O)(=O)N([2H])C)c([2H])c2c(C([2H])([2H])CN(C)C)cn([2H])c2c1[2H]. The van der Waals surface area contributed by atoms with Crippen LogP contribution in [0.15, 0.2) is 24.3 Å². The van der Waals surface area contributed by atoms with Crippen molar-refractivity contribution >= 4 is 20.9 Å². The van der Waals surface area contributed by atoms with Gasteiger partial charge in [0.05, 0.1) is 9.82 Å². The van der Waals surface area contributed by atoms with Gasteiger partial charge in [0.15, 0.2) is 1.41 Å². The van der Waals surface area contributed by atoms with Crippen molar-refractivity contribution in [2.45, 2.75) is 12.1 Å². The van der Waals surface area contributed by atoms with Crippen molar-refractivity contribution in [3.8, 4) is 0 Å². The number of nitrogens with zero attached hydrogens (tertiary/aromatic N) is 1. The van der Waals surface area contributed by atoms with Crippen molar-refractivity contribution in [1.29, 1.82) is 0 Å². The molecule has 0 aliphatic carbocycles. The van der Waals surface area contributed by atoms with Crippen molar-refractivity contribution in [1.82, 2.24) is 14.6 Å². The van der Waals surface area contributed by atoms with Gasteiger partial charge in [-0.15, -0.1) is 0 Å². The number of hydrogen-bond donors (Lipinski definition) is 2. The zero-order valence-electron chi connectivity index (χ0n) is 20.4. The summed E-state index contributed by atoms with van der Waals surface area (Å²) >= 11 is 0. The number of aromatic nitrogens is 1. The molecule has 0 aliphatic rings. The second kappa shape index (κ2) is 5.95. The van der Waals surface area contributed by atoms with Gasteiger partial charge in [-0.1, -0.05) is 6.04 Å². The van der Waals surface area contributed by atoms with Crippen LogP contribution in [0.25, 0.3) is 10.9 Å². The Morgan fingerprint density at radius 2 is 2.30 bits per heavy atom. The summed E-state index contributed by atoms with van der Waals surface area (Å²) in [5.41, 5.74) is -4.85. The summed E-state index contributed by atoms with van der Waals surface area (Å²) in [4.78, 5) is 2.15. The normalized spacial score (nSPS) is 20.6. The van der Waals surface area contributed by atoms with Crippen LogP contribution in [0.5, 0.6) is 0 Å². The maximum atomic E-state index is 12.3. The van der Waals surface area contributed by atoms with Crippen LogP contribution in [0.4, 0.5) is 0 Å². The first-order chi connectivity index (χ1) is 13.0. The lowest BCUT2D eigenvalue weighted by molar-refractivity contribution is 0.414. The molecule has 0 bridgehead atoms. The van der Waals surface area contributed by atoms with Crippen molar-refractivity contribution in [3.05, 3.63) is 35.5 Å². The Kier molecular flexibility index (Phi) is 2.10. The van der Waals surface area contributed by atoms with Gasteiger partial charge < -0.3 is 9.88 Å². The predicted octanol–water partition coefficient (Wildman–Crippen LogP) is 1.32. The second-order valence-electron chi connectivity index (χ2n) is 4.32. The third-order valence-corrected chi connectivity index (χ3v) is 3.38. The van der Waals surface area contributed by atoms with Crippen LogP contribution < -0.4 is 4.72 Å². The molecule has 2 aromatic rings. The number of rotatable bonds is 6. The molecule has 1 aromatic heterocycles. The Hall–Kier alpha value is -1.37. The van der Waals surface area contributed by atoms with Gasteiger partial charge >= 0.3 is 0 Å². The fraction of sp³-hybridized carbons (Fsp3) is 0.429. The average Bonchev–Trinajstić information content (AvgIpc) is 2.90. The molecule has 0 saturated heterocycles. The first-order valence-corrected chi connectivity index (χ1v) is 7.19. The van der Waals surface area contributed by atoms with E-state index in [0.717, 1.165) is 13.2 Å². The zero-order valence-corrected chi connectivity index (χ0v) is 12.2. The molecular formula is C14H21N3O2S. The van der Waals surface area contributed by atoms with E-state index in [1.165, 1.54) is 4.90 Å². The van der Waals surface area contributed by atoms with E-state index in [0.29, 0.717) is 4.98 Å². The number of sulfonamides is 1. The van der Waals surface area contributed by atoms with Crippen LogP contribution in [0.2, 0.25) is 2.82 Å². The van der Waals surface area contributed by atoms with Gasteiger partial charge in [0.2, 0.25) is 10.0 Å². The van der Waals surface area contributed by atoms with Crippen LogP contribution >= 0.6 is 0 Å². The lowest BCUT2D eigenvalue weighted by Gasteiger charge is -2.08. The Balaban J connectivity index is 3.02. The molecule has 0 atom stereocenters. The number of nitrogens with one attached hydrogen (secondary N) is 2. The van der Waals surface area contributed by atoms with Crippen LogP contribution in [-0.2, 0) is 22.1 Å². The van der Waals surface area contributed by atoms with E-state index in [1.807, 2.05) is 0 Å². The first-order valence-electron chi connectivity index (χ1n) is 10.1. The van der Waals surface area contributed by atoms with E-state index in [4.69, 9.17) is 12.4 Å². The minimum Gasteiger partial charge on any atom is -0.361 e. The zero-order chi connectivity index (χ0) is 22.7. The molecule has 0 radical (unpaired) electrons. The van der Waals surface area contributed by atoms with Crippen LogP contribution in [0.3, 0.4) is 0 Å². The summed E-state index contributed by atoms with van der Waals surface area (Å²) < 4.78 is 97.2. The molecule has 0 aliphatic heterocycles. The van der Waals surface area contributed by atoms with Crippen molar-refractivity contribution in [2.75, 3.05) is 27.7 Å². The summed E-state index contributed by atoms with van der Waals surface area (Å²) in [5, 5.41) is -0.311. The summed E-state index contributed by atoms with van der Waals surface area (Å²) in [5.74, 6) is 0. The number of hydrogen-bond acceptors (Lipinski definition) is 3. The Morgan fingerprint density at radius 1 is 1.55 bits per heavy atom. The molecule has 2 N–H and O–H groups in total. The average molecular weight is 304 g/mol. The number of fused-ring (bicyclic) bond motifs is 1. The summed E-state index contributed by atoms with van der Waals surface area (Å²) in [7, 11) is -0.968. The fourth-order valence-corrected chi connectivity index (χ4v) is 1.94. The predicted molar refractivity (Wildman–Crippen MR) is 82.2 cm³/mol. The van der Waals surface area contributed by atoms with Crippen molar-refractivity contribution < 1.29 is 20.8 Å². The highest BCUT2D eigenvalue weighted by molar-refractivity contribution is 7.88. The molecule has 2 rings (SSSR count). The first kappa shape index (κ1) is 7.06. The molecule has 20 heavy (non-hydrogen) atoms. The quantitative estimate of drug-likeness (QED) is 0.846. The van der Waals surface area contributed by atoms with Crippen LogP contribution in [-0.4, -0.2) is 46.0 Å². The topological polar surface area (TPSA) is 65.2 Å². The van der Waals surface area contributed by atoms with Gasteiger partial charge in [-0.05, 0) is 50.7 Å². The summed E-state index contributed by atoms with van der Waals surface area (Å²) in [6.07, 6.45) is -1.08. The van der Waals surface area contributed by atoms with Gasteiger partial charge in [0, 0.05) is 29.1 Å². The standard InChI is InChI=1S/C14H21N3O2S/c1-15-20(18,19)10-11-4-5-14-13(8-11)12(9-16-14)6-7-17(2)3/h4-5,8-9,15-16H,6-7,10H2,1-3H3/i4D,5D,6D2,8D,10D2/hD2. The monoisotopic (exact) mass is 304 g/mol. The van der Waals surface area contributed by atoms with Gasteiger partial charge in [-0.3, -0.25) is 0 Å². The van der Waals surface area contributed by atoms with Crippen molar-refractivity contribution in [3.63, 3.8) is 0 Å². The highest BCUT2D eigenvalue weighted by Gasteiger charge is 2.11. The molecule has 6 heteroatoms.